The van der Waals surface area contributed by atoms with E-state index in [1.165, 1.54) is 17.7 Å². The Labute approximate surface area is 125 Å². The molecule has 108 valence electrons. The monoisotopic (exact) mass is 282 g/mol. The van der Waals surface area contributed by atoms with Gasteiger partial charge in [-0.25, -0.2) is 4.39 Å². The maximum Gasteiger partial charge on any atom is 0.128 e. The van der Waals surface area contributed by atoms with Crippen molar-refractivity contribution in [3.63, 3.8) is 0 Å². The van der Waals surface area contributed by atoms with E-state index in [4.69, 9.17) is 5.26 Å². The Morgan fingerprint density at radius 3 is 2.33 bits per heavy atom. The molecule has 0 saturated carbocycles. The van der Waals surface area contributed by atoms with Gasteiger partial charge in [-0.3, -0.25) is 0 Å². The summed E-state index contributed by atoms with van der Waals surface area (Å²) in [5.74, 6) is -0.298. The first-order valence-electron chi connectivity index (χ1n) is 6.93. The van der Waals surface area contributed by atoms with E-state index in [1.807, 2.05) is 18.2 Å². The van der Waals surface area contributed by atoms with Crippen LogP contribution in [0, 0.1) is 17.1 Å². The minimum Gasteiger partial charge on any atom is -0.381 e. The fourth-order valence-corrected chi connectivity index (χ4v) is 2.07. The maximum atomic E-state index is 13.7. The quantitative estimate of drug-likeness (QED) is 0.892. The first kappa shape index (κ1) is 15.1. The first-order valence-corrected chi connectivity index (χ1v) is 6.93. The van der Waals surface area contributed by atoms with Gasteiger partial charge in [0, 0.05) is 17.8 Å². The van der Waals surface area contributed by atoms with E-state index in [1.54, 1.807) is 6.07 Å². The van der Waals surface area contributed by atoms with Crippen molar-refractivity contribution in [2.45, 2.75) is 32.7 Å². The van der Waals surface area contributed by atoms with Gasteiger partial charge < -0.3 is 5.32 Å². The Balaban J connectivity index is 2.08. The molecule has 2 nitrogen and oxygen atoms in total. The Bertz CT molecular complexity index is 661. The van der Waals surface area contributed by atoms with Gasteiger partial charge in [-0.05, 0) is 41.3 Å². The van der Waals surface area contributed by atoms with Gasteiger partial charge in [0.1, 0.15) is 5.82 Å². The number of benzene rings is 2. The van der Waals surface area contributed by atoms with E-state index >= 15 is 0 Å². The zero-order chi connectivity index (χ0) is 15.5. The molecule has 0 fully saturated rings. The van der Waals surface area contributed by atoms with Crippen LogP contribution in [0.2, 0.25) is 0 Å². The number of anilines is 1. The van der Waals surface area contributed by atoms with Gasteiger partial charge in [0.05, 0.1) is 11.6 Å². The molecule has 0 aliphatic carbocycles. The summed E-state index contributed by atoms with van der Waals surface area (Å²) >= 11 is 0. The highest BCUT2D eigenvalue weighted by Gasteiger charge is 2.12. The molecule has 0 saturated heterocycles. The molecule has 2 aromatic carbocycles. The normalized spacial score (nSPS) is 11.0. The van der Waals surface area contributed by atoms with Crippen LogP contribution in [0.15, 0.2) is 42.5 Å². The minimum absolute atomic E-state index is 0.117. The van der Waals surface area contributed by atoms with Gasteiger partial charge in [0.2, 0.25) is 0 Å². The molecular formula is C18H19FN2. The average molecular weight is 282 g/mol. The SMILES string of the molecule is CC(C)(C)c1ccc(NCc2cc(C#N)ccc2F)cc1. The van der Waals surface area contributed by atoms with Gasteiger partial charge >= 0.3 is 0 Å². The number of halogens is 1. The third kappa shape index (κ3) is 3.82. The third-order valence-corrected chi connectivity index (χ3v) is 3.41. The van der Waals surface area contributed by atoms with Crippen molar-refractivity contribution in [1.29, 1.82) is 5.26 Å². The summed E-state index contributed by atoms with van der Waals surface area (Å²) in [4.78, 5) is 0. The van der Waals surface area contributed by atoms with Crippen molar-refractivity contribution in [2.75, 3.05) is 5.32 Å². The van der Waals surface area contributed by atoms with Crippen LogP contribution in [-0.2, 0) is 12.0 Å². The highest BCUT2D eigenvalue weighted by molar-refractivity contribution is 5.47. The Morgan fingerprint density at radius 1 is 1.10 bits per heavy atom. The van der Waals surface area contributed by atoms with Crippen LogP contribution in [-0.4, -0.2) is 0 Å². The highest BCUT2D eigenvalue weighted by atomic mass is 19.1. The van der Waals surface area contributed by atoms with Gasteiger partial charge in [0.25, 0.3) is 0 Å². The topological polar surface area (TPSA) is 35.8 Å². The molecule has 3 heteroatoms. The van der Waals surface area contributed by atoms with Gasteiger partial charge in [-0.15, -0.1) is 0 Å². The van der Waals surface area contributed by atoms with Crippen molar-refractivity contribution < 1.29 is 4.39 Å². The number of nitrogens with zero attached hydrogens (tertiary/aromatic N) is 1. The summed E-state index contributed by atoms with van der Waals surface area (Å²) in [5.41, 5.74) is 3.27. The third-order valence-electron chi connectivity index (χ3n) is 3.41. The Hall–Kier alpha value is -2.34. The number of hydrogen-bond donors (Lipinski definition) is 1. The first-order chi connectivity index (χ1) is 9.90. The second-order valence-corrected chi connectivity index (χ2v) is 6.10. The van der Waals surface area contributed by atoms with Crippen LogP contribution in [0.5, 0.6) is 0 Å². The largest absolute Gasteiger partial charge is 0.381 e. The molecule has 2 rings (SSSR count). The summed E-state index contributed by atoms with van der Waals surface area (Å²) in [6.45, 7) is 6.85. The van der Waals surface area contributed by atoms with Crippen LogP contribution in [0.25, 0.3) is 0 Å². The summed E-state index contributed by atoms with van der Waals surface area (Å²) in [7, 11) is 0. The average Bonchev–Trinajstić information content (AvgIpc) is 2.46. The number of hydrogen-bond acceptors (Lipinski definition) is 2. The molecule has 0 aromatic heterocycles. The molecule has 21 heavy (non-hydrogen) atoms. The maximum absolute atomic E-state index is 13.7. The van der Waals surface area contributed by atoms with Crippen molar-refractivity contribution in [3.05, 3.63) is 65.0 Å². The zero-order valence-electron chi connectivity index (χ0n) is 12.6. The molecule has 0 unspecified atom stereocenters. The fraction of sp³-hybridized carbons (Fsp3) is 0.278. The van der Waals surface area contributed by atoms with Gasteiger partial charge in [-0.2, -0.15) is 5.26 Å². The van der Waals surface area contributed by atoms with E-state index < -0.39 is 0 Å². The number of rotatable bonds is 3. The zero-order valence-corrected chi connectivity index (χ0v) is 12.6. The van der Waals surface area contributed by atoms with Crippen LogP contribution in [0.3, 0.4) is 0 Å². The molecular weight excluding hydrogens is 263 g/mol. The molecule has 0 atom stereocenters. The molecule has 0 spiro atoms. The smallest absolute Gasteiger partial charge is 0.128 e. The lowest BCUT2D eigenvalue weighted by Crippen LogP contribution is -2.11. The molecule has 0 heterocycles. The molecule has 0 amide bonds. The lowest BCUT2D eigenvalue weighted by molar-refractivity contribution is 0.590. The Kier molecular flexibility index (Phi) is 4.28. The summed E-state index contributed by atoms with van der Waals surface area (Å²) in [6, 6.07) is 14.5. The summed E-state index contributed by atoms with van der Waals surface area (Å²) in [6.07, 6.45) is 0. The van der Waals surface area contributed by atoms with E-state index in [0.717, 1.165) is 5.69 Å². The molecule has 1 N–H and O–H groups in total. The number of nitrogens with one attached hydrogen (secondary N) is 1. The molecule has 2 aromatic rings. The van der Waals surface area contributed by atoms with Crippen LogP contribution in [0.4, 0.5) is 10.1 Å². The predicted octanol–water partition coefficient (Wildman–Crippen LogP) is 4.61. The lowest BCUT2D eigenvalue weighted by atomic mass is 9.87. The van der Waals surface area contributed by atoms with Crippen molar-refractivity contribution >= 4 is 5.69 Å². The highest BCUT2D eigenvalue weighted by Crippen LogP contribution is 2.23. The van der Waals surface area contributed by atoms with Crippen LogP contribution in [0.1, 0.15) is 37.5 Å². The second kappa shape index (κ2) is 5.97. The van der Waals surface area contributed by atoms with Crippen LogP contribution >= 0.6 is 0 Å². The molecule has 0 bridgehead atoms. The van der Waals surface area contributed by atoms with E-state index in [0.29, 0.717) is 17.7 Å². The van der Waals surface area contributed by atoms with Gasteiger partial charge in [0.15, 0.2) is 0 Å². The van der Waals surface area contributed by atoms with E-state index in [-0.39, 0.29) is 11.2 Å². The number of nitriles is 1. The van der Waals surface area contributed by atoms with Gasteiger partial charge in [-0.1, -0.05) is 32.9 Å². The molecule has 0 radical (unpaired) electrons. The van der Waals surface area contributed by atoms with Crippen molar-refractivity contribution in [2.24, 2.45) is 0 Å². The van der Waals surface area contributed by atoms with Crippen LogP contribution < -0.4 is 5.32 Å². The Morgan fingerprint density at radius 2 is 1.76 bits per heavy atom. The lowest BCUT2D eigenvalue weighted by Gasteiger charge is -2.19. The minimum atomic E-state index is -0.298. The molecule has 0 aliphatic heterocycles. The standard InChI is InChI=1S/C18H19FN2/c1-18(2,3)15-5-7-16(8-6-15)21-12-14-10-13(11-20)4-9-17(14)19/h4-10,21H,12H2,1-3H3. The fourth-order valence-electron chi connectivity index (χ4n) is 2.07. The van der Waals surface area contributed by atoms with E-state index in [2.05, 4.69) is 38.2 Å². The summed E-state index contributed by atoms with van der Waals surface area (Å²) < 4.78 is 13.7. The summed E-state index contributed by atoms with van der Waals surface area (Å²) in [5, 5.41) is 12.0. The second-order valence-electron chi connectivity index (χ2n) is 6.10. The van der Waals surface area contributed by atoms with Crippen molar-refractivity contribution in [1.82, 2.24) is 0 Å². The predicted molar refractivity (Wildman–Crippen MR) is 83.6 cm³/mol. The van der Waals surface area contributed by atoms with E-state index in [9.17, 15) is 4.39 Å². The molecule has 0 aliphatic rings. The van der Waals surface area contributed by atoms with Crippen molar-refractivity contribution in [3.8, 4) is 6.07 Å².